The molecule has 8 heteroatoms. The van der Waals surface area contributed by atoms with Crippen molar-refractivity contribution in [2.24, 2.45) is 46.3 Å². The molecule has 8 atom stereocenters. The molecule has 4 aliphatic carbocycles. The van der Waals surface area contributed by atoms with Crippen LogP contribution < -0.4 is 9.47 Å². The van der Waals surface area contributed by atoms with E-state index in [1.54, 1.807) is 0 Å². The summed E-state index contributed by atoms with van der Waals surface area (Å²) in [6.45, 7) is 19.4. The van der Waals surface area contributed by atoms with Gasteiger partial charge in [-0.1, -0.05) is 83.2 Å². The van der Waals surface area contributed by atoms with Gasteiger partial charge in [-0.25, -0.2) is 9.64 Å². The average Bonchev–Trinajstić information content (AvgIpc) is 3.48. The summed E-state index contributed by atoms with van der Waals surface area (Å²) in [5.74, 6) is 3.68. The summed E-state index contributed by atoms with van der Waals surface area (Å²) in [7, 11) is 0. The SMILES string of the molecule is [C-]#[N+]c1ccc(OC(=O)c2ccc(OC(=O)CCC(=O)O[C@H]3CC[C@@]4(C)C(=CCC5C4CC[C@@]4(C)C5CC[C@@H]4C(C)CCCC(C)C)C3)cc2)cc1Cl. The fraction of sp³-hybridized carbons (Fsp3) is 0.600. The molecule has 7 nitrogen and oxygen atoms in total. The molecular weight excluding hydrogens is 686 g/mol. The van der Waals surface area contributed by atoms with Gasteiger partial charge in [-0.05, 0) is 128 Å². The van der Waals surface area contributed by atoms with Gasteiger partial charge in [-0.15, -0.1) is 0 Å². The molecule has 0 aromatic heterocycles. The number of hydrogen-bond donors (Lipinski definition) is 0. The number of esters is 3. The molecule has 2 aromatic carbocycles. The summed E-state index contributed by atoms with van der Waals surface area (Å²) in [5.41, 5.74) is 2.65. The highest BCUT2D eigenvalue weighted by Gasteiger charge is 2.59. The van der Waals surface area contributed by atoms with E-state index in [2.05, 4.69) is 45.5 Å². The molecule has 3 saturated carbocycles. The third-order valence-corrected chi connectivity index (χ3v) is 14.0. The fourth-order valence-corrected chi connectivity index (χ4v) is 11.1. The molecule has 284 valence electrons. The second-order valence-electron chi connectivity index (χ2n) is 17.3. The second-order valence-corrected chi connectivity index (χ2v) is 17.7. The summed E-state index contributed by atoms with van der Waals surface area (Å²) < 4.78 is 16.7. The van der Waals surface area contributed by atoms with Gasteiger partial charge in [0.2, 0.25) is 5.69 Å². The Morgan fingerprint density at radius 2 is 1.62 bits per heavy atom. The number of fused-ring (bicyclic) bond motifs is 5. The Labute approximate surface area is 321 Å². The Morgan fingerprint density at radius 3 is 2.34 bits per heavy atom. The lowest BCUT2D eigenvalue weighted by molar-refractivity contribution is -0.153. The van der Waals surface area contributed by atoms with E-state index in [-0.39, 0.29) is 58.1 Å². The Balaban J connectivity index is 0.956. The van der Waals surface area contributed by atoms with Crippen molar-refractivity contribution in [3.05, 3.63) is 76.1 Å². The number of carbonyl (C=O) groups excluding carboxylic acids is 3. The highest BCUT2D eigenvalue weighted by Crippen LogP contribution is 2.67. The van der Waals surface area contributed by atoms with Gasteiger partial charge in [0.05, 0.1) is 30.0 Å². The number of allylic oxidation sites excluding steroid dienone is 1. The molecule has 0 aliphatic heterocycles. The zero-order valence-corrected chi connectivity index (χ0v) is 32.9. The number of benzene rings is 2. The van der Waals surface area contributed by atoms with Gasteiger partial charge in [0, 0.05) is 6.42 Å². The van der Waals surface area contributed by atoms with Crippen LogP contribution in [-0.2, 0) is 14.3 Å². The zero-order valence-electron chi connectivity index (χ0n) is 32.1. The quantitative estimate of drug-likeness (QED) is 0.0932. The molecule has 53 heavy (non-hydrogen) atoms. The van der Waals surface area contributed by atoms with E-state index >= 15 is 0 Å². The number of rotatable bonds is 12. The zero-order chi connectivity index (χ0) is 37.9. The number of nitrogens with zero attached hydrogens (tertiary/aromatic N) is 1. The van der Waals surface area contributed by atoms with Crippen LogP contribution in [0.2, 0.25) is 5.02 Å². The van der Waals surface area contributed by atoms with E-state index in [4.69, 9.17) is 32.4 Å². The molecule has 0 amide bonds. The molecule has 0 saturated heterocycles. The average molecular weight is 742 g/mol. The van der Waals surface area contributed by atoms with Gasteiger partial charge in [-0.2, -0.15) is 0 Å². The van der Waals surface area contributed by atoms with Gasteiger partial charge in [-0.3, -0.25) is 9.59 Å². The molecule has 3 fully saturated rings. The van der Waals surface area contributed by atoms with Crippen molar-refractivity contribution in [2.75, 3.05) is 0 Å². The smallest absolute Gasteiger partial charge is 0.343 e. The summed E-state index contributed by atoms with van der Waals surface area (Å²) >= 11 is 6.03. The minimum absolute atomic E-state index is 0.0487. The van der Waals surface area contributed by atoms with E-state index in [9.17, 15) is 14.4 Å². The van der Waals surface area contributed by atoms with Gasteiger partial charge in [0.15, 0.2) is 0 Å². The first-order chi connectivity index (χ1) is 25.3. The highest BCUT2D eigenvalue weighted by atomic mass is 35.5. The maximum atomic E-state index is 12.9. The first kappa shape index (κ1) is 39.1. The summed E-state index contributed by atoms with van der Waals surface area (Å²) in [6.07, 6.45) is 15.6. The number of halogens is 1. The Morgan fingerprint density at radius 1 is 0.887 bits per heavy atom. The Kier molecular flexibility index (Phi) is 12.1. The van der Waals surface area contributed by atoms with Crippen molar-refractivity contribution in [3.63, 3.8) is 0 Å². The van der Waals surface area contributed by atoms with Crippen molar-refractivity contribution in [1.82, 2.24) is 0 Å². The van der Waals surface area contributed by atoms with E-state index in [0.29, 0.717) is 11.3 Å². The van der Waals surface area contributed by atoms with Gasteiger partial charge in [0.25, 0.3) is 0 Å². The molecule has 0 bridgehead atoms. The lowest BCUT2D eigenvalue weighted by Gasteiger charge is -2.58. The van der Waals surface area contributed by atoms with E-state index in [1.165, 1.54) is 93.0 Å². The molecule has 4 unspecified atom stereocenters. The third-order valence-electron chi connectivity index (χ3n) is 13.7. The van der Waals surface area contributed by atoms with Crippen LogP contribution in [0.5, 0.6) is 11.5 Å². The summed E-state index contributed by atoms with van der Waals surface area (Å²) in [5, 5.41) is 0.194. The van der Waals surface area contributed by atoms with E-state index in [0.717, 1.165) is 55.3 Å². The van der Waals surface area contributed by atoms with E-state index < -0.39 is 11.9 Å². The van der Waals surface area contributed by atoms with E-state index in [1.807, 2.05) is 0 Å². The first-order valence-electron chi connectivity index (χ1n) is 19.9. The normalized spacial score (nSPS) is 29.5. The van der Waals surface area contributed by atoms with Crippen molar-refractivity contribution in [3.8, 4) is 11.5 Å². The van der Waals surface area contributed by atoms with Crippen molar-refractivity contribution >= 4 is 35.2 Å². The van der Waals surface area contributed by atoms with Crippen LogP contribution in [0.15, 0.2) is 54.1 Å². The third kappa shape index (κ3) is 8.54. The molecule has 0 heterocycles. The first-order valence-corrected chi connectivity index (χ1v) is 20.3. The Hall–Kier alpha value is -3.63. The summed E-state index contributed by atoms with van der Waals surface area (Å²) in [6, 6.07) is 10.4. The molecule has 0 spiro atoms. The lowest BCUT2D eigenvalue weighted by atomic mass is 9.47. The number of carbonyl (C=O) groups is 3. The van der Waals surface area contributed by atoms with Crippen LogP contribution in [0.3, 0.4) is 0 Å². The van der Waals surface area contributed by atoms with Crippen LogP contribution >= 0.6 is 11.6 Å². The largest absolute Gasteiger partial charge is 0.462 e. The minimum atomic E-state index is -0.620. The van der Waals surface area contributed by atoms with Gasteiger partial charge in [0.1, 0.15) is 17.6 Å². The predicted octanol–water partition coefficient (Wildman–Crippen LogP) is 11.7. The topological polar surface area (TPSA) is 83.3 Å². The molecule has 0 N–H and O–H groups in total. The second kappa shape index (κ2) is 16.4. The lowest BCUT2D eigenvalue weighted by Crippen LogP contribution is -2.51. The van der Waals surface area contributed by atoms with Gasteiger partial charge >= 0.3 is 17.9 Å². The minimum Gasteiger partial charge on any atom is -0.462 e. The molecule has 2 aromatic rings. The standard InChI is InChI=1S/C45H56ClNO6/c1-28(2)8-7-9-29(3)36-17-18-37-35-16-12-31-26-34(22-24-44(31,4)38(35)23-25-45(36,37)5)52-42(49)21-20-41(48)51-32-13-10-30(11-14-32)43(50)53-33-15-19-40(47-6)39(46)27-33/h10-15,19,27-29,34-38H,7-9,16-18,20-26H2,1-5H3/t29?,34-,35?,36+,37?,38?,44-,45+/m0/s1. The number of hydrogen-bond acceptors (Lipinski definition) is 6. The monoisotopic (exact) mass is 741 g/mol. The molecule has 0 radical (unpaired) electrons. The van der Waals surface area contributed by atoms with Crippen molar-refractivity contribution in [2.45, 2.75) is 124 Å². The van der Waals surface area contributed by atoms with Crippen LogP contribution in [-0.4, -0.2) is 24.0 Å². The maximum Gasteiger partial charge on any atom is 0.343 e. The predicted molar refractivity (Wildman–Crippen MR) is 207 cm³/mol. The van der Waals surface area contributed by atoms with Crippen LogP contribution in [0.25, 0.3) is 4.85 Å². The molecule has 6 rings (SSSR count). The van der Waals surface area contributed by atoms with Crippen LogP contribution in [0, 0.1) is 52.9 Å². The molecule has 4 aliphatic rings. The van der Waals surface area contributed by atoms with Gasteiger partial charge < -0.3 is 14.2 Å². The number of ether oxygens (including phenoxy) is 3. The van der Waals surface area contributed by atoms with Crippen molar-refractivity contribution < 1.29 is 28.6 Å². The fourth-order valence-electron chi connectivity index (χ4n) is 10.9. The van der Waals surface area contributed by atoms with Crippen molar-refractivity contribution in [1.29, 1.82) is 0 Å². The highest BCUT2D eigenvalue weighted by molar-refractivity contribution is 6.33. The van der Waals surface area contributed by atoms with Crippen LogP contribution in [0.4, 0.5) is 5.69 Å². The summed E-state index contributed by atoms with van der Waals surface area (Å²) in [4.78, 5) is 41.3. The maximum absolute atomic E-state index is 12.9. The van der Waals surface area contributed by atoms with Crippen LogP contribution in [0.1, 0.15) is 128 Å². The Bertz CT molecular complexity index is 1740. The molecular formula is C45H56ClNO6.